The van der Waals surface area contributed by atoms with E-state index in [1.165, 1.54) is 20.1 Å². The molecule has 31 heavy (non-hydrogen) atoms. The van der Waals surface area contributed by atoms with E-state index in [1.54, 1.807) is 24.3 Å². The molecule has 1 N–H and O–H groups in total. The van der Waals surface area contributed by atoms with Crippen LogP contribution < -0.4 is 14.4 Å². The van der Waals surface area contributed by atoms with E-state index in [1.807, 2.05) is 42.5 Å². The Morgan fingerprint density at radius 1 is 1.03 bits per heavy atom. The molecular weight excluding hydrogens is 436 g/mol. The molecule has 0 saturated carbocycles. The summed E-state index contributed by atoms with van der Waals surface area (Å²) in [5.74, 6) is -0.199. The Hall–Kier alpha value is -3.03. The second kappa shape index (κ2) is 9.41. The number of carbonyl (C=O) groups excluding carboxylic acids is 1. The Morgan fingerprint density at radius 2 is 1.68 bits per heavy atom. The van der Waals surface area contributed by atoms with Crippen molar-refractivity contribution in [1.29, 1.82) is 0 Å². The minimum atomic E-state index is -3.83. The number of ether oxygens (including phenoxy) is 1. The summed E-state index contributed by atoms with van der Waals surface area (Å²) in [7, 11) is -2.41. The Morgan fingerprint density at radius 3 is 2.32 bits per heavy atom. The zero-order chi connectivity index (χ0) is 22.6. The van der Waals surface area contributed by atoms with Crippen molar-refractivity contribution in [1.82, 2.24) is 0 Å². The van der Waals surface area contributed by atoms with Gasteiger partial charge in [-0.25, -0.2) is 8.42 Å². The van der Waals surface area contributed by atoms with Crippen molar-refractivity contribution in [2.45, 2.75) is 13.0 Å². The van der Waals surface area contributed by atoms with Crippen LogP contribution in [0.15, 0.2) is 72.8 Å². The Kier molecular flexibility index (Phi) is 6.87. The number of anilines is 2. The number of nitrogens with zero attached hydrogens (tertiary/aromatic N) is 1. The number of hydrogen-bond acceptors (Lipinski definition) is 4. The summed E-state index contributed by atoms with van der Waals surface area (Å²) in [6, 6.07) is 20.5. The molecule has 3 rings (SSSR count). The quantitative estimate of drug-likeness (QED) is 0.551. The van der Waals surface area contributed by atoms with E-state index in [2.05, 4.69) is 5.32 Å². The molecule has 3 aromatic carbocycles. The molecule has 0 aliphatic rings. The number of para-hydroxylation sites is 1. The van der Waals surface area contributed by atoms with E-state index < -0.39 is 22.0 Å². The maximum absolute atomic E-state index is 13.2. The highest BCUT2D eigenvalue weighted by Crippen LogP contribution is 2.35. The molecule has 0 aliphatic carbocycles. The van der Waals surface area contributed by atoms with E-state index in [9.17, 15) is 13.2 Å². The predicted molar refractivity (Wildman–Crippen MR) is 125 cm³/mol. The van der Waals surface area contributed by atoms with Crippen LogP contribution in [0.4, 0.5) is 11.4 Å². The van der Waals surface area contributed by atoms with Crippen molar-refractivity contribution in [3.63, 3.8) is 0 Å². The molecule has 0 saturated heterocycles. The highest BCUT2D eigenvalue weighted by Gasteiger charge is 2.31. The molecule has 0 aliphatic heterocycles. The van der Waals surface area contributed by atoms with Gasteiger partial charge in [0, 0.05) is 16.3 Å². The summed E-state index contributed by atoms with van der Waals surface area (Å²) in [6.07, 6.45) is 1.04. The molecule has 0 heterocycles. The van der Waals surface area contributed by atoms with Gasteiger partial charge in [0.05, 0.1) is 19.1 Å². The largest absolute Gasteiger partial charge is 0.495 e. The molecule has 1 unspecified atom stereocenters. The van der Waals surface area contributed by atoms with Crippen molar-refractivity contribution in [3.8, 4) is 16.9 Å². The second-order valence-electron chi connectivity index (χ2n) is 6.95. The van der Waals surface area contributed by atoms with E-state index in [-0.39, 0.29) is 5.69 Å². The summed E-state index contributed by atoms with van der Waals surface area (Å²) in [4.78, 5) is 13.2. The molecule has 0 fully saturated rings. The fraction of sp³-hybridized carbons (Fsp3) is 0.174. The molecule has 1 amide bonds. The van der Waals surface area contributed by atoms with Crippen molar-refractivity contribution < 1.29 is 17.9 Å². The van der Waals surface area contributed by atoms with Crippen LogP contribution >= 0.6 is 11.6 Å². The van der Waals surface area contributed by atoms with Crippen LogP contribution in [0.3, 0.4) is 0 Å². The maximum Gasteiger partial charge on any atom is 0.248 e. The molecule has 3 aromatic rings. The van der Waals surface area contributed by atoms with Gasteiger partial charge in [-0.2, -0.15) is 0 Å². The fourth-order valence-electron chi connectivity index (χ4n) is 3.32. The minimum absolute atomic E-state index is 0.191. The summed E-state index contributed by atoms with van der Waals surface area (Å²) in [5, 5.41) is 3.19. The first-order chi connectivity index (χ1) is 14.7. The van der Waals surface area contributed by atoms with Crippen LogP contribution in [0.5, 0.6) is 5.75 Å². The molecule has 0 radical (unpaired) electrons. The molecule has 162 valence electrons. The lowest BCUT2D eigenvalue weighted by atomic mass is 10.0. The van der Waals surface area contributed by atoms with Gasteiger partial charge in [-0.3, -0.25) is 9.10 Å². The number of amides is 1. The van der Waals surface area contributed by atoms with Crippen molar-refractivity contribution in [2.75, 3.05) is 23.0 Å². The number of methoxy groups -OCH3 is 1. The third kappa shape index (κ3) is 5.18. The van der Waals surface area contributed by atoms with Gasteiger partial charge in [0.1, 0.15) is 11.8 Å². The van der Waals surface area contributed by atoms with Crippen LogP contribution in [0.2, 0.25) is 5.02 Å². The normalized spacial score (nSPS) is 12.1. The van der Waals surface area contributed by atoms with Crippen molar-refractivity contribution in [3.05, 3.63) is 77.8 Å². The first-order valence-corrected chi connectivity index (χ1v) is 11.7. The summed E-state index contributed by atoms with van der Waals surface area (Å²) < 4.78 is 31.6. The van der Waals surface area contributed by atoms with Gasteiger partial charge >= 0.3 is 0 Å². The number of rotatable bonds is 7. The van der Waals surface area contributed by atoms with Gasteiger partial charge in [0.2, 0.25) is 15.9 Å². The van der Waals surface area contributed by atoms with Crippen LogP contribution in [0.25, 0.3) is 11.1 Å². The lowest BCUT2D eigenvalue weighted by Crippen LogP contribution is -2.45. The van der Waals surface area contributed by atoms with Crippen molar-refractivity contribution in [2.24, 2.45) is 0 Å². The third-order valence-electron chi connectivity index (χ3n) is 4.74. The van der Waals surface area contributed by atoms with Crippen LogP contribution in [-0.2, 0) is 14.8 Å². The number of sulfonamides is 1. The lowest BCUT2D eigenvalue weighted by Gasteiger charge is -2.29. The van der Waals surface area contributed by atoms with Gasteiger partial charge in [-0.1, -0.05) is 60.1 Å². The molecule has 0 bridgehead atoms. The minimum Gasteiger partial charge on any atom is -0.495 e. The standard InChI is InChI=1S/C23H23ClN2O4S/c1-16(26(31(3,28)29)21-15-18(24)13-14-22(21)30-2)23(27)25-20-12-8-7-11-19(20)17-9-5-4-6-10-17/h4-16H,1-3H3,(H,25,27). The molecule has 1 atom stereocenters. The Balaban J connectivity index is 1.98. The Labute approximate surface area is 187 Å². The fourth-order valence-corrected chi connectivity index (χ4v) is 4.65. The monoisotopic (exact) mass is 458 g/mol. The molecule has 0 aromatic heterocycles. The topological polar surface area (TPSA) is 75.7 Å². The van der Waals surface area contributed by atoms with Crippen LogP contribution in [0, 0.1) is 0 Å². The first kappa shape index (κ1) is 22.7. The van der Waals surface area contributed by atoms with Crippen molar-refractivity contribution >= 4 is 38.9 Å². The highest BCUT2D eigenvalue weighted by molar-refractivity contribution is 7.92. The predicted octanol–water partition coefficient (Wildman–Crippen LogP) is 4.81. The zero-order valence-electron chi connectivity index (χ0n) is 17.4. The van der Waals surface area contributed by atoms with Gasteiger partial charge in [-0.05, 0) is 36.8 Å². The SMILES string of the molecule is COc1ccc(Cl)cc1N(C(C)C(=O)Nc1ccccc1-c1ccccc1)S(C)(=O)=O. The molecule has 6 nitrogen and oxygen atoms in total. The number of carbonyl (C=O) groups is 1. The summed E-state index contributed by atoms with van der Waals surface area (Å²) in [6.45, 7) is 1.52. The smallest absolute Gasteiger partial charge is 0.248 e. The summed E-state index contributed by atoms with van der Waals surface area (Å²) >= 11 is 6.09. The zero-order valence-corrected chi connectivity index (χ0v) is 18.9. The third-order valence-corrected chi connectivity index (χ3v) is 6.20. The van der Waals surface area contributed by atoms with Gasteiger partial charge in [-0.15, -0.1) is 0 Å². The summed E-state index contributed by atoms with van der Waals surface area (Å²) in [5.41, 5.74) is 2.53. The molecule has 8 heteroatoms. The van der Waals surface area contributed by atoms with E-state index in [0.29, 0.717) is 16.5 Å². The highest BCUT2D eigenvalue weighted by atomic mass is 35.5. The number of halogens is 1. The average molecular weight is 459 g/mol. The number of hydrogen-bond donors (Lipinski definition) is 1. The lowest BCUT2D eigenvalue weighted by molar-refractivity contribution is -0.116. The van der Waals surface area contributed by atoms with E-state index in [4.69, 9.17) is 16.3 Å². The Bertz CT molecular complexity index is 1180. The maximum atomic E-state index is 13.2. The number of nitrogens with one attached hydrogen (secondary N) is 1. The molecule has 0 spiro atoms. The van der Waals surface area contributed by atoms with Gasteiger partial charge in [0.15, 0.2) is 0 Å². The first-order valence-electron chi connectivity index (χ1n) is 9.50. The van der Waals surface area contributed by atoms with E-state index >= 15 is 0 Å². The average Bonchev–Trinajstić information content (AvgIpc) is 2.74. The van der Waals surface area contributed by atoms with Gasteiger partial charge < -0.3 is 10.1 Å². The van der Waals surface area contributed by atoms with Crippen LogP contribution in [-0.4, -0.2) is 33.7 Å². The van der Waals surface area contributed by atoms with E-state index in [0.717, 1.165) is 21.7 Å². The second-order valence-corrected chi connectivity index (χ2v) is 9.25. The van der Waals surface area contributed by atoms with Crippen LogP contribution in [0.1, 0.15) is 6.92 Å². The van der Waals surface area contributed by atoms with Gasteiger partial charge in [0.25, 0.3) is 0 Å². The number of benzene rings is 3. The molecular formula is C23H23ClN2O4S.